The largest absolute Gasteiger partial charge is 0.439 e. The highest BCUT2D eigenvalue weighted by molar-refractivity contribution is 5.63. The maximum atomic E-state index is 13.0. The molecule has 2 aromatic heterocycles. The van der Waals surface area contributed by atoms with E-state index in [1.165, 1.54) is 22.9 Å². The van der Waals surface area contributed by atoms with Crippen LogP contribution in [0, 0.1) is 6.92 Å². The zero-order valence-electron chi connectivity index (χ0n) is 14.7. The molecule has 0 unspecified atom stereocenters. The fourth-order valence-electron chi connectivity index (χ4n) is 2.79. The lowest BCUT2D eigenvalue weighted by atomic mass is 10.1. The Bertz CT molecular complexity index is 1070. The molecule has 0 aliphatic rings. The van der Waals surface area contributed by atoms with Gasteiger partial charge in [0.2, 0.25) is 5.88 Å². The maximum Gasteiger partial charge on any atom is 0.328 e. The number of H-pyrrole nitrogens is 1. The van der Waals surface area contributed by atoms with Gasteiger partial charge in [0, 0.05) is 18.3 Å². The van der Waals surface area contributed by atoms with Gasteiger partial charge in [0.05, 0.1) is 11.3 Å². The molecule has 6 nitrogen and oxygen atoms in total. The highest BCUT2D eigenvalue weighted by atomic mass is 19.3. The number of aromatic nitrogens is 3. The van der Waals surface area contributed by atoms with Crippen molar-refractivity contribution in [3.8, 4) is 22.9 Å². The first-order valence-electron chi connectivity index (χ1n) is 8.27. The number of hydrogen-bond donors (Lipinski definition) is 1. The van der Waals surface area contributed by atoms with Crippen LogP contribution in [-0.2, 0) is 6.54 Å². The molecular weight excluding hydrogens is 356 g/mol. The van der Waals surface area contributed by atoms with Gasteiger partial charge in [-0.25, -0.2) is 18.6 Å². The van der Waals surface area contributed by atoms with E-state index in [9.17, 15) is 18.4 Å². The van der Waals surface area contributed by atoms with Gasteiger partial charge in [-0.15, -0.1) is 0 Å². The molecule has 0 spiro atoms. The molecule has 0 aliphatic carbocycles. The van der Waals surface area contributed by atoms with Crippen LogP contribution in [-0.4, -0.2) is 14.5 Å². The van der Waals surface area contributed by atoms with E-state index in [1.54, 1.807) is 38.1 Å². The predicted molar refractivity (Wildman–Crippen MR) is 96.4 cm³/mol. The average Bonchev–Trinajstić information content (AvgIpc) is 2.65. The van der Waals surface area contributed by atoms with Gasteiger partial charge >= 0.3 is 5.69 Å². The van der Waals surface area contributed by atoms with Crippen molar-refractivity contribution in [2.75, 3.05) is 0 Å². The van der Waals surface area contributed by atoms with Crippen molar-refractivity contribution in [2.45, 2.75) is 26.8 Å². The van der Waals surface area contributed by atoms with Gasteiger partial charge in [0.1, 0.15) is 5.75 Å². The first-order valence-corrected chi connectivity index (χ1v) is 8.27. The van der Waals surface area contributed by atoms with Crippen molar-refractivity contribution in [3.05, 3.63) is 74.6 Å². The number of pyridine rings is 1. The van der Waals surface area contributed by atoms with E-state index < -0.39 is 17.7 Å². The summed E-state index contributed by atoms with van der Waals surface area (Å²) in [6.07, 6.45) is -1.33. The monoisotopic (exact) mass is 373 g/mol. The van der Waals surface area contributed by atoms with Gasteiger partial charge in [0.25, 0.3) is 12.0 Å². The summed E-state index contributed by atoms with van der Waals surface area (Å²) in [5.74, 6) is 0.144. The van der Waals surface area contributed by atoms with Crippen molar-refractivity contribution >= 4 is 0 Å². The average molecular weight is 373 g/mol. The van der Waals surface area contributed by atoms with Crippen LogP contribution in [0.1, 0.15) is 24.5 Å². The lowest BCUT2D eigenvalue weighted by molar-refractivity contribution is 0.147. The SMILES string of the molecule is CCn1c(-c2ccc(Oc3ncccc3C(F)F)cc2)c(C)c(=O)[nH]c1=O. The van der Waals surface area contributed by atoms with Crippen LogP contribution < -0.4 is 16.0 Å². The number of benzene rings is 1. The summed E-state index contributed by atoms with van der Waals surface area (Å²) in [5.41, 5.74) is 0.319. The van der Waals surface area contributed by atoms with E-state index in [4.69, 9.17) is 4.74 Å². The Kier molecular flexibility index (Phi) is 5.16. The molecular formula is C19H17F2N3O3. The second kappa shape index (κ2) is 7.53. The highest BCUT2D eigenvalue weighted by Crippen LogP contribution is 2.31. The number of halogens is 2. The van der Waals surface area contributed by atoms with Gasteiger partial charge in [-0.3, -0.25) is 14.3 Å². The van der Waals surface area contributed by atoms with E-state index in [-0.39, 0.29) is 11.4 Å². The third kappa shape index (κ3) is 3.64. The fraction of sp³-hybridized carbons (Fsp3) is 0.211. The van der Waals surface area contributed by atoms with Crippen molar-refractivity contribution in [1.29, 1.82) is 0 Å². The summed E-state index contributed by atoms with van der Waals surface area (Å²) in [4.78, 5) is 30.1. The van der Waals surface area contributed by atoms with Gasteiger partial charge in [-0.1, -0.05) is 0 Å². The molecule has 0 fully saturated rings. The third-order valence-electron chi connectivity index (χ3n) is 4.13. The minimum absolute atomic E-state index is 0.168. The molecule has 27 heavy (non-hydrogen) atoms. The van der Waals surface area contributed by atoms with Crippen molar-refractivity contribution in [1.82, 2.24) is 14.5 Å². The number of rotatable bonds is 5. The first-order chi connectivity index (χ1) is 12.9. The Morgan fingerprint density at radius 2 is 1.89 bits per heavy atom. The van der Waals surface area contributed by atoms with Crippen molar-refractivity contribution in [3.63, 3.8) is 0 Å². The summed E-state index contributed by atoms with van der Waals surface area (Å²) >= 11 is 0. The van der Waals surface area contributed by atoms with Crippen LogP contribution in [0.5, 0.6) is 11.6 Å². The minimum Gasteiger partial charge on any atom is -0.439 e. The Hall–Kier alpha value is -3.29. The van der Waals surface area contributed by atoms with Crippen LogP contribution in [0.3, 0.4) is 0 Å². The lowest BCUT2D eigenvalue weighted by Crippen LogP contribution is -2.32. The molecule has 2 heterocycles. The predicted octanol–water partition coefficient (Wildman–Crippen LogP) is 3.66. The Labute approximate surface area is 153 Å². The Balaban J connectivity index is 1.99. The number of ether oxygens (including phenoxy) is 1. The molecule has 0 saturated carbocycles. The molecule has 0 amide bonds. The molecule has 140 valence electrons. The second-order valence-electron chi connectivity index (χ2n) is 5.80. The maximum absolute atomic E-state index is 13.0. The van der Waals surface area contributed by atoms with Crippen LogP contribution in [0.15, 0.2) is 52.2 Å². The van der Waals surface area contributed by atoms with Gasteiger partial charge < -0.3 is 4.74 Å². The molecule has 0 aliphatic heterocycles. The topological polar surface area (TPSA) is 77.0 Å². The molecule has 1 aromatic carbocycles. The van der Waals surface area contributed by atoms with E-state index >= 15 is 0 Å². The molecule has 3 aromatic rings. The molecule has 3 rings (SSSR count). The molecule has 0 radical (unpaired) electrons. The first kappa shape index (κ1) is 18.5. The molecule has 0 atom stereocenters. The zero-order chi connectivity index (χ0) is 19.6. The summed E-state index contributed by atoms with van der Waals surface area (Å²) < 4.78 is 33.0. The van der Waals surface area contributed by atoms with E-state index in [1.807, 2.05) is 0 Å². The van der Waals surface area contributed by atoms with Gasteiger partial charge in [-0.2, -0.15) is 0 Å². The number of nitrogens with one attached hydrogen (secondary N) is 1. The summed E-state index contributed by atoms with van der Waals surface area (Å²) in [6.45, 7) is 3.82. The summed E-state index contributed by atoms with van der Waals surface area (Å²) in [5, 5.41) is 0. The summed E-state index contributed by atoms with van der Waals surface area (Å²) in [6, 6.07) is 9.13. The number of aromatic amines is 1. The van der Waals surface area contributed by atoms with Crippen molar-refractivity contribution < 1.29 is 13.5 Å². The minimum atomic E-state index is -2.70. The van der Waals surface area contributed by atoms with E-state index in [0.29, 0.717) is 29.1 Å². The number of alkyl halides is 2. The number of hydrogen-bond acceptors (Lipinski definition) is 4. The van der Waals surface area contributed by atoms with Crippen LogP contribution in [0.2, 0.25) is 0 Å². The van der Waals surface area contributed by atoms with Crippen LogP contribution in [0.4, 0.5) is 8.78 Å². The van der Waals surface area contributed by atoms with Crippen LogP contribution >= 0.6 is 0 Å². The van der Waals surface area contributed by atoms with Gasteiger partial charge in [0.15, 0.2) is 0 Å². The smallest absolute Gasteiger partial charge is 0.328 e. The zero-order valence-corrected chi connectivity index (χ0v) is 14.7. The lowest BCUT2D eigenvalue weighted by Gasteiger charge is -2.14. The van der Waals surface area contributed by atoms with Crippen LogP contribution in [0.25, 0.3) is 11.3 Å². The van der Waals surface area contributed by atoms with Crippen molar-refractivity contribution in [2.24, 2.45) is 0 Å². The quantitative estimate of drug-likeness (QED) is 0.741. The Morgan fingerprint density at radius 3 is 2.52 bits per heavy atom. The third-order valence-corrected chi connectivity index (χ3v) is 4.13. The molecule has 0 saturated heterocycles. The second-order valence-corrected chi connectivity index (χ2v) is 5.80. The standard InChI is InChI=1S/C19H17F2N3O3/c1-3-24-15(11(2)17(25)23-19(24)26)12-6-8-13(9-7-12)27-18-14(16(20)21)5-4-10-22-18/h4-10,16H,3H2,1-2H3,(H,23,25,26). The number of nitrogens with zero attached hydrogens (tertiary/aromatic N) is 2. The van der Waals surface area contributed by atoms with E-state index in [2.05, 4.69) is 9.97 Å². The molecule has 1 N–H and O–H groups in total. The van der Waals surface area contributed by atoms with Gasteiger partial charge in [-0.05, 0) is 55.8 Å². The summed E-state index contributed by atoms with van der Waals surface area (Å²) in [7, 11) is 0. The fourth-order valence-corrected chi connectivity index (χ4v) is 2.79. The molecule has 0 bridgehead atoms. The highest BCUT2D eigenvalue weighted by Gasteiger charge is 2.16. The normalized spacial score (nSPS) is 11.0. The Morgan fingerprint density at radius 1 is 1.19 bits per heavy atom. The van der Waals surface area contributed by atoms with E-state index in [0.717, 1.165) is 0 Å². The molecule has 8 heteroatoms.